The minimum absolute atomic E-state index is 0.0595. The molecule has 4 aliphatic carbocycles. The molecule has 0 unspecified atom stereocenters. The molecule has 0 radical (unpaired) electrons. The van der Waals surface area contributed by atoms with Crippen molar-refractivity contribution < 1.29 is 14.3 Å². The van der Waals surface area contributed by atoms with Gasteiger partial charge in [0.15, 0.2) is 0 Å². The number of carbonyl (C=O) groups excluding carboxylic acids is 1. The normalized spacial score (nSPS) is 29.7. The first kappa shape index (κ1) is 29.5. The highest BCUT2D eigenvalue weighted by molar-refractivity contribution is 5.69. The number of benzene rings is 2. The Bertz CT molecular complexity index is 1220. The zero-order chi connectivity index (χ0) is 29.5. The molecule has 2 aromatic carbocycles. The van der Waals surface area contributed by atoms with E-state index < -0.39 is 5.60 Å². The third kappa shape index (κ3) is 6.21. The molecule has 0 saturated heterocycles. The molecule has 4 bridgehead atoms. The summed E-state index contributed by atoms with van der Waals surface area (Å²) in [5, 5.41) is 7.60. The maximum atomic E-state index is 13.8. The van der Waals surface area contributed by atoms with Crippen LogP contribution in [-0.4, -0.2) is 42.0 Å². The molecule has 5 aliphatic rings. The Morgan fingerprint density at radius 2 is 1.69 bits per heavy atom. The van der Waals surface area contributed by atoms with Crippen LogP contribution in [0.3, 0.4) is 0 Å². The Balaban J connectivity index is 1.25. The summed E-state index contributed by atoms with van der Waals surface area (Å²) in [6.45, 7) is 9.78. The van der Waals surface area contributed by atoms with Gasteiger partial charge < -0.3 is 14.8 Å². The molecule has 6 heteroatoms. The SMILES string of the molecule is CCCCN[C@H]1Cc2cc(OC)ccc2[C@H](c2ccc(CN(C(=O)OC(C)(C)C)C34CC5CC(CC(C5)C3)C4)cc2)N1. The number of methoxy groups -OCH3 is 1. The van der Waals surface area contributed by atoms with Gasteiger partial charge in [-0.1, -0.05) is 43.7 Å². The van der Waals surface area contributed by atoms with Crippen LogP contribution in [0.1, 0.15) is 107 Å². The van der Waals surface area contributed by atoms with Crippen LogP contribution in [-0.2, 0) is 17.7 Å². The van der Waals surface area contributed by atoms with Gasteiger partial charge in [-0.3, -0.25) is 10.2 Å². The van der Waals surface area contributed by atoms with E-state index in [1.54, 1.807) is 7.11 Å². The van der Waals surface area contributed by atoms with E-state index in [2.05, 4.69) is 64.9 Å². The predicted octanol–water partition coefficient (Wildman–Crippen LogP) is 7.35. The molecular formula is C36H51N3O3. The summed E-state index contributed by atoms with van der Waals surface area (Å²) in [6.07, 6.45) is 10.8. The van der Waals surface area contributed by atoms with Crippen molar-refractivity contribution in [3.05, 3.63) is 64.7 Å². The second-order valence-electron chi connectivity index (χ2n) is 14.7. The number of hydrogen-bond donors (Lipinski definition) is 2. The maximum Gasteiger partial charge on any atom is 0.411 e. The van der Waals surface area contributed by atoms with Gasteiger partial charge >= 0.3 is 6.09 Å². The third-order valence-corrected chi connectivity index (χ3v) is 10.2. The molecule has 2 aromatic rings. The van der Waals surface area contributed by atoms with Crippen molar-refractivity contribution in [1.82, 2.24) is 15.5 Å². The van der Waals surface area contributed by atoms with E-state index >= 15 is 0 Å². The summed E-state index contributed by atoms with van der Waals surface area (Å²) in [6, 6.07) is 15.5. The molecule has 228 valence electrons. The van der Waals surface area contributed by atoms with Crippen molar-refractivity contribution >= 4 is 6.09 Å². The lowest BCUT2D eigenvalue weighted by Crippen LogP contribution is -2.61. The van der Waals surface area contributed by atoms with Crippen molar-refractivity contribution in [3.63, 3.8) is 0 Å². The quantitative estimate of drug-likeness (QED) is 0.307. The minimum Gasteiger partial charge on any atom is -0.497 e. The van der Waals surface area contributed by atoms with Crippen LogP contribution in [0.15, 0.2) is 42.5 Å². The average Bonchev–Trinajstić information content (AvgIpc) is 2.94. The van der Waals surface area contributed by atoms with Gasteiger partial charge in [-0.15, -0.1) is 0 Å². The molecule has 2 N–H and O–H groups in total. The van der Waals surface area contributed by atoms with E-state index in [1.807, 2.05) is 20.8 Å². The van der Waals surface area contributed by atoms with Crippen LogP contribution >= 0.6 is 0 Å². The van der Waals surface area contributed by atoms with Gasteiger partial charge in [-0.05, 0) is 124 Å². The minimum atomic E-state index is -0.508. The summed E-state index contributed by atoms with van der Waals surface area (Å²) in [5.41, 5.74) is 4.48. The number of carbonyl (C=O) groups is 1. The molecule has 4 fully saturated rings. The summed E-state index contributed by atoms with van der Waals surface area (Å²) in [5.74, 6) is 3.19. The van der Waals surface area contributed by atoms with Crippen LogP contribution in [0.25, 0.3) is 0 Å². The Kier molecular flexibility index (Phi) is 8.32. The first-order valence-electron chi connectivity index (χ1n) is 16.4. The first-order chi connectivity index (χ1) is 20.1. The fourth-order valence-corrected chi connectivity index (χ4v) is 8.73. The van der Waals surface area contributed by atoms with Crippen LogP contribution < -0.4 is 15.4 Å². The maximum absolute atomic E-state index is 13.8. The topological polar surface area (TPSA) is 62.8 Å². The van der Waals surface area contributed by atoms with Crippen molar-refractivity contribution in [2.45, 2.75) is 115 Å². The van der Waals surface area contributed by atoms with Crippen LogP contribution in [0.4, 0.5) is 4.79 Å². The van der Waals surface area contributed by atoms with Crippen LogP contribution in [0, 0.1) is 17.8 Å². The standard InChI is InChI=1S/C36H51N3O3/c1-6-7-14-37-32-19-29-18-30(41-5)12-13-31(29)33(38-32)28-10-8-24(9-11-28)23-39(34(40)42-35(2,3)4)36-20-25-15-26(21-36)17-27(16-25)22-36/h8-13,18,25-27,32-33,37-38H,6-7,14-17,19-23H2,1-5H3/t25?,26?,27?,32-,33+,36?/m1/s1. The second-order valence-corrected chi connectivity index (χ2v) is 14.7. The molecular weight excluding hydrogens is 522 g/mol. The van der Waals surface area contributed by atoms with E-state index in [1.165, 1.54) is 54.4 Å². The number of rotatable bonds is 9. The van der Waals surface area contributed by atoms with E-state index in [9.17, 15) is 4.79 Å². The zero-order valence-electron chi connectivity index (χ0n) is 26.4. The number of ether oxygens (including phenoxy) is 2. The van der Waals surface area contributed by atoms with Gasteiger partial charge in [-0.25, -0.2) is 4.79 Å². The lowest BCUT2D eigenvalue weighted by Gasteiger charge is -2.60. The lowest BCUT2D eigenvalue weighted by molar-refractivity contribution is -0.0933. The summed E-state index contributed by atoms with van der Waals surface area (Å²) < 4.78 is 11.6. The Morgan fingerprint density at radius 3 is 2.29 bits per heavy atom. The number of nitrogens with zero attached hydrogens (tertiary/aromatic N) is 1. The van der Waals surface area contributed by atoms with E-state index in [0.717, 1.165) is 55.7 Å². The summed E-state index contributed by atoms with van der Waals surface area (Å²) >= 11 is 0. The molecule has 7 rings (SSSR count). The van der Waals surface area contributed by atoms with Gasteiger partial charge in [0.25, 0.3) is 0 Å². The Morgan fingerprint density at radius 1 is 1.02 bits per heavy atom. The highest BCUT2D eigenvalue weighted by atomic mass is 16.6. The van der Waals surface area contributed by atoms with Gasteiger partial charge in [0.1, 0.15) is 11.4 Å². The average molecular weight is 574 g/mol. The molecule has 1 aliphatic heterocycles. The molecule has 1 heterocycles. The van der Waals surface area contributed by atoms with Gasteiger partial charge in [0.2, 0.25) is 0 Å². The van der Waals surface area contributed by atoms with Crippen LogP contribution in [0.2, 0.25) is 0 Å². The highest BCUT2D eigenvalue weighted by Gasteiger charge is 2.55. The van der Waals surface area contributed by atoms with Crippen molar-refractivity contribution in [2.24, 2.45) is 17.8 Å². The molecule has 6 nitrogen and oxygen atoms in total. The molecule has 1 amide bonds. The van der Waals surface area contributed by atoms with Gasteiger partial charge in [0, 0.05) is 18.5 Å². The third-order valence-electron chi connectivity index (χ3n) is 10.2. The van der Waals surface area contributed by atoms with E-state index in [-0.39, 0.29) is 23.8 Å². The van der Waals surface area contributed by atoms with Crippen molar-refractivity contribution in [2.75, 3.05) is 13.7 Å². The van der Waals surface area contributed by atoms with Crippen molar-refractivity contribution in [3.8, 4) is 5.75 Å². The molecule has 0 spiro atoms. The molecule has 0 aromatic heterocycles. The Labute approximate surface area is 252 Å². The second kappa shape index (κ2) is 11.8. The monoisotopic (exact) mass is 573 g/mol. The predicted molar refractivity (Wildman–Crippen MR) is 167 cm³/mol. The molecule has 42 heavy (non-hydrogen) atoms. The number of unbranched alkanes of at least 4 members (excludes halogenated alkanes) is 1. The summed E-state index contributed by atoms with van der Waals surface area (Å²) in [7, 11) is 1.74. The lowest BCUT2D eigenvalue weighted by atomic mass is 9.52. The van der Waals surface area contributed by atoms with Gasteiger partial charge in [0.05, 0.1) is 19.3 Å². The number of fused-ring (bicyclic) bond motifs is 1. The number of hydrogen-bond acceptors (Lipinski definition) is 5. The highest BCUT2D eigenvalue weighted by Crippen LogP contribution is 2.58. The summed E-state index contributed by atoms with van der Waals surface area (Å²) in [4.78, 5) is 15.9. The smallest absolute Gasteiger partial charge is 0.411 e. The zero-order valence-corrected chi connectivity index (χ0v) is 26.4. The number of nitrogens with one attached hydrogen (secondary N) is 2. The van der Waals surface area contributed by atoms with Crippen molar-refractivity contribution in [1.29, 1.82) is 0 Å². The first-order valence-corrected chi connectivity index (χ1v) is 16.4. The Hall–Kier alpha value is -2.57. The molecule has 4 saturated carbocycles. The van der Waals surface area contributed by atoms with Crippen LogP contribution in [0.5, 0.6) is 5.75 Å². The fourth-order valence-electron chi connectivity index (χ4n) is 8.73. The van der Waals surface area contributed by atoms with E-state index in [4.69, 9.17) is 9.47 Å². The molecule has 2 atom stereocenters. The van der Waals surface area contributed by atoms with E-state index in [0.29, 0.717) is 6.54 Å². The number of amides is 1. The largest absolute Gasteiger partial charge is 0.497 e. The fraction of sp³-hybridized carbons (Fsp3) is 0.639. The van der Waals surface area contributed by atoms with Gasteiger partial charge in [-0.2, -0.15) is 0 Å².